The summed E-state index contributed by atoms with van der Waals surface area (Å²) < 4.78 is 1.49. The molecule has 1 aromatic heterocycles. The van der Waals surface area contributed by atoms with E-state index in [9.17, 15) is 9.59 Å². The summed E-state index contributed by atoms with van der Waals surface area (Å²) in [4.78, 5) is 21.5. The second kappa shape index (κ2) is 4.12. The van der Waals surface area contributed by atoms with Crippen LogP contribution in [0.2, 0.25) is 0 Å². The van der Waals surface area contributed by atoms with Crippen molar-refractivity contribution in [3.05, 3.63) is 12.4 Å². The van der Waals surface area contributed by atoms with Gasteiger partial charge in [-0.15, -0.1) is 0 Å². The van der Waals surface area contributed by atoms with Gasteiger partial charge in [-0.2, -0.15) is 5.10 Å². The smallest absolute Gasteiger partial charge is 0.241 e. The highest BCUT2D eigenvalue weighted by atomic mass is 16.2. The summed E-state index contributed by atoms with van der Waals surface area (Å²) in [5, 5.41) is 9.25. The van der Waals surface area contributed by atoms with E-state index in [0.29, 0.717) is 18.1 Å². The van der Waals surface area contributed by atoms with Crippen LogP contribution in [0.25, 0.3) is 0 Å². The van der Waals surface area contributed by atoms with E-state index in [1.54, 1.807) is 6.20 Å². The summed E-state index contributed by atoms with van der Waals surface area (Å²) in [6.07, 6.45) is 5.83. The number of carbonyl (C=O) groups excluding carboxylic acids is 2. The van der Waals surface area contributed by atoms with E-state index in [0.717, 1.165) is 12.8 Å². The predicted molar refractivity (Wildman–Crippen MR) is 53.1 cm³/mol. The molecule has 6 nitrogen and oxygen atoms in total. The van der Waals surface area contributed by atoms with E-state index in [4.69, 9.17) is 0 Å². The average molecular weight is 208 g/mol. The summed E-state index contributed by atoms with van der Waals surface area (Å²) in [5.41, 5.74) is 0.587. The maximum atomic E-state index is 11.4. The van der Waals surface area contributed by atoms with E-state index in [1.165, 1.54) is 10.9 Å². The number of aromatic nitrogens is 2. The van der Waals surface area contributed by atoms with Gasteiger partial charge in [0.25, 0.3) is 0 Å². The van der Waals surface area contributed by atoms with Crippen LogP contribution in [-0.2, 0) is 16.1 Å². The second-order valence-electron chi connectivity index (χ2n) is 3.53. The van der Waals surface area contributed by atoms with Gasteiger partial charge >= 0.3 is 0 Å². The van der Waals surface area contributed by atoms with Crippen LogP contribution >= 0.6 is 0 Å². The lowest BCUT2D eigenvalue weighted by Gasteiger charge is -2.02. The zero-order valence-corrected chi connectivity index (χ0v) is 8.14. The minimum Gasteiger partial charge on any atom is -0.352 e. The molecule has 1 aromatic rings. The number of hydrogen-bond acceptors (Lipinski definition) is 3. The molecule has 2 N–H and O–H groups in total. The second-order valence-corrected chi connectivity index (χ2v) is 3.53. The number of nitrogens with zero attached hydrogens (tertiary/aromatic N) is 2. The largest absolute Gasteiger partial charge is 0.352 e. The first kappa shape index (κ1) is 9.70. The third-order valence-corrected chi connectivity index (χ3v) is 2.11. The van der Waals surface area contributed by atoms with Crippen molar-refractivity contribution in [1.29, 1.82) is 0 Å². The maximum Gasteiger partial charge on any atom is 0.241 e. The molecule has 0 aliphatic heterocycles. The van der Waals surface area contributed by atoms with Crippen molar-refractivity contribution in [1.82, 2.24) is 15.1 Å². The van der Waals surface area contributed by atoms with E-state index in [1.807, 2.05) is 0 Å². The quantitative estimate of drug-likeness (QED) is 0.654. The number of amides is 2. The van der Waals surface area contributed by atoms with Crippen LogP contribution in [-0.4, -0.2) is 28.1 Å². The summed E-state index contributed by atoms with van der Waals surface area (Å²) in [7, 11) is 0. The maximum absolute atomic E-state index is 11.4. The number of rotatable bonds is 5. The molecule has 0 unspecified atom stereocenters. The zero-order valence-electron chi connectivity index (χ0n) is 8.14. The molecule has 0 aromatic carbocycles. The Kier molecular flexibility index (Phi) is 2.66. The summed E-state index contributed by atoms with van der Waals surface area (Å²) in [5.74, 6) is -0.0433. The lowest BCUT2D eigenvalue weighted by atomic mass is 10.5. The molecule has 1 fully saturated rings. The number of carbonyl (C=O) groups is 2. The minimum atomic E-state index is -0.0433. The molecule has 0 radical (unpaired) electrons. The van der Waals surface area contributed by atoms with Crippen molar-refractivity contribution in [3.63, 3.8) is 0 Å². The van der Waals surface area contributed by atoms with Gasteiger partial charge in [0, 0.05) is 12.2 Å². The summed E-state index contributed by atoms with van der Waals surface area (Å²) in [6, 6.07) is 0.362. The minimum absolute atomic E-state index is 0.0433. The van der Waals surface area contributed by atoms with Crippen molar-refractivity contribution in [2.45, 2.75) is 25.4 Å². The zero-order chi connectivity index (χ0) is 10.7. The Hall–Kier alpha value is -1.85. The van der Waals surface area contributed by atoms with Crippen LogP contribution < -0.4 is 10.6 Å². The monoisotopic (exact) mass is 208 g/mol. The van der Waals surface area contributed by atoms with E-state index in [-0.39, 0.29) is 12.5 Å². The Morgan fingerprint density at radius 3 is 3.13 bits per heavy atom. The Morgan fingerprint density at radius 1 is 1.67 bits per heavy atom. The van der Waals surface area contributed by atoms with Gasteiger partial charge in [-0.25, -0.2) is 0 Å². The van der Waals surface area contributed by atoms with E-state index < -0.39 is 0 Å². The van der Waals surface area contributed by atoms with Gasteiger partial charge < -0.3 is 10.6 Å². The molecule has 15 heavy (non-hydrogen) atoms. The van der Waals surface area contributed by atoms with E-state index >= 15 is 0 Å². The van der Waals surface area contributed by atoms with Gasteiger partial charge in [0.2, 0.25) is 12.3 Å². The van der Waals surface area contributed by atoms with Crippen LogP contribution in [0.15, 0.2) is 12.4 Å². The fourth-order valence-corrected chi connectivity index (χ4v) is 1.24. The molecule has 1 heterocycles. The molecule has 0 atom stereocenters. The molecule has 0 bridgehead atoms. The molecule has 2 rings (SSSR count). The van der Waals surface area contributed by atoms with Gasteiger partial charge in [-0.05, 0) is 12.8 Å². The van der Waals surface area contributed by atoms with Crippen molar-refractivity contribution in [2.75, 3.05) is 5.32 Å². The van der Waals surface area contributed by atoms with Crippen molar-refractivity contribution >= 4 is 18.0 Å². The van der Waals surface area contributed by atoms with Crippen molar-refractivity contribution in [2.24, 2.45) is 0 Å². The van der Waals surface area contributed by atoms with Crippen LogP contribution in [0.4, 0.5) is 5.69 Å². The molecule has 6 heteroatoms. The normalized spacial score (nSPS) is 14.7. The molecular weight excluding hydrogens is 196 g/mol. The van der Waals surface area contributed by atoms with Gasteiger partial charge in [-0.3, -0.25) is 14.3 Å². The topological polar surface area (TPSA) is 76.0 Å². The number of hydrogen-bond donors (Lipinski definition) is 2. The van der Waals surface area contributed by atoms with Crippen molar-refractivity contribution in [3.8, 4) is 0 Å². The molecule has 80 valence electrons. The Balaban J connectivity index is 1.85. The van der Waals surface area contributed by atoms with Crippen LogP contribution in [0.1, 0.15) is 12.8 Å². The highest BCUT2D eigenvalue weighted by Crippen LogP contribution is 2.18. The Morgan fingerprint density at radius 2 is 2.47 bits per heavy atom. The fraction of sp³-hybridized carbons (Fsp3) is 0.444. The highest BCUT2D eigenvalue weighted by Gasteiger charge is 2.23. The van der Waals surface area contributed by atoms with Gasteiger partial charge in [0.1, 0.15) is 6.54 Å². The summed E-state index contributed by atoms with van der Waals surface area (Å²) in [6.45, 7) is 0.192. The average Bonchev–Trinajstić information content (AvgIpc) is 2.88. The van der Waals surface area contributed by atoms with Crippen LogP contribution in [0.5, 0.6) is 0 Å². The first-order chi connectivity index (χ1) is 7.28. The molecule has 1 saturated carbocycles. The van der Waals surface area contributed by atoms with Crippen LogP contribution in [0.3, 0.4) is 0 Å². The third kappa shape index (κ3) is 2.80. The first-order valence-electron chi connectivity index (χ1n) is 4.80. The standard InChI is InChI=1S/C9H12N4O2/c14-6-10-8-3-11-13(4-8)5-9(15)12-7-1-2-7/h3-4,6-7H,1-2,5H2,(H,10,14)(H,12,15). The molecule has 1 aliphatic rings. The molecule has 0 spiro atoms. The van der Waals surface area contributed by atoms with Crippen LogP contribution in [0, 0.1) is 0 Å². The fourth-order valence-electron chi connectivity index (χ4n) is 1.24. The summed E-state index contributed by atoms with van der Waals surface area (Å²) >= 11 is 0. The lowest BCUT2D eigenvalue weighted by molar-refractivity contribution is -0.122. The highest BCUT2D eigenvalue weighted by molar-refractivity contribution is 5.76. The number of anilines is 1. The van der Waals surface area contributed by atoms with Gasteiger partial charge in [-0.1, -0.05) is 0 Å². The van der Waals surface area contributed by atoms with Crippen molar-refractivity contribution < 1.29 is 9.59 Å². The Labute approximate surface area is 86.6 Å². The first-order valence-corrected chi connectivity index (χ1v) is 4.80. The Bertz CT molecular complexity index is 370. The van der Waals surface area contributed by atoms with Gasteiger partial charge in [0.05, 0.1) is 11.9 Å². The van der Waals surface area contributed by atoms with E-state index in [2.05, 4.69) is 15.7 Å². The lowest BCUT2D eigenvalue weighted by Crippen LogP contribution is -2.29. The molecule has 0 saturated heterocycles. The predicted octanol–water partition coefficient (Wildman–Crippen LogP) is -0.270. The molecule has 1 aliphatic carbocycles. The molecular formula is C9H12N4O2. The third-order valence-electron chi connectivity index (χ3n) is 2.11. The SMILES string of the molecule is O=CNc1cnn(CC(=O)NC2CC2)c1. The molecule has 2 amide bonds. The number of nitrogens with one attached hydrogen (secondary N) is 2. The van der Waals surface area contributed by atoms with Gasteiger partial charge in [0.15, 0.2) is 0 Å².